The van der Waals surface area contributed by atoms with E-state index in [0.717, 1.165) is 0 Å². The quantitative estimate of drug-likeness (QED) is 0.245. The van der Waals surface area contributed by atoms with Gasteiger partial charge >= 0.3 is 5.97 Å². The molecule has 47 heavy (non-hydrogen) atoms. The van der Waals surface area contributed by atoms with Crippen LogP contribution in [0.3, 0.4) is 0 Å². The van der Waals surface area contributed by atoms with Crippen molar-refractivity contribution >= 4 is 11.8 Å². The lowest BCUT2D eigenvalue weighted by Crippen LogP contribution is -2.59. The van der Waals surface area contributed by atoms with Gasteiger partial charge in [0.1, 0.15) is 42.2 Å². The fraction of sp³-hybridized carbons (Fsp3) is 0.818. The van der Waals surface area contributed by atoms with Gasteiger partial charge in [-0.1, -0.05) is 6.08 Å². The molecule has 4 heterocycles. The van der Waals surface area contributed by atoms with E-state index in [1.165, 1.54) is 40.4 Å². The zero-order chi connectivity index (χ0) is 34.5. The van der Waals surface area contributed by atoms with E-state index >= 15 is 0 Å². The highest BCUT2D eigenvalue weighted by Crippen LogP contribution is 2.36. The average Bonchev–Trinajstić information content (AvgIpc) is 3.79. The number of aliphatic hydroxyl groups is 3. The minimum Gasteiger partial charge on any atom is -0.459 e. The van der Waals surface area contributed by atoms with Crippen molar-refractivity contribution in [3.8, 4) is 0 Å². The summed E-state index contributed by atoms with van der Waals surface area (Å²) in [6.07, 6.45) is -2.06. The van der Waals surface area contributed by atoms with Gasteiger partial charge in [-0.25, -0.2) is 4.79 Å². The Morgan fingerprint density at radius 3 is 2.32 bits per heavy atom. The number of carbonyl (C=O) groups excluding carboxylic acids is 2. The van der Waals surface area contributed by atoms with Gasteiger partial charge in [-0.2, -0.15) is 0 Å². The summed E-state index contributed by atoms with van der Waals surface area (Å²) in [6.45, 7) is 6.75. The summed E-state index contributed by atoms with van der Waals surface area (Å²) in [5.74, 6) is -1.57. The predicted octanol–water partition coefficient (Wildman–Crippen LogP) is 0.966. The van der Waals surface area contributed by atoms with E-state index in [-0.39, 0.29) is 32.0 Å². The van der Waals surface area contributed by atoms with E-state index in [9.17, 15) is 24.9 Å². The Morgan fingerprint density at radius 1 is 0.915 bits per heavy atom. The van der Waals surface area contributed by atoms with E-state index in [1.54, 1.807) is 26.0 Å². The Kier molecular flexibility index (Phi) is 13.5. The van der Waals surface area contributed by atoms with E-state index in [1.807, 2.05) is 6.92 Å². The van der Waals surface area contributed by atoms with Gasteiger partial charge in [0.05, 0.1) is 37.1 Å². The van der Waals surface area contributed by atoms with Crippen LogP contribution in [0.4, 0.5) is 0 Å². The Hall–Kier alpha value is -1.82. The largest absolute Gasteiger partial charge is 0.459 e. The number of methoxy groups -OCH3 is 3. The van der Waals surface area contributed by atoms with Crippen molar-refractivity contribution in [3.63, 3.8) is 0 Å². The molecule has 15 atom stereocenters. The first kappa shape index (κ1) is 38.0. The third-order valence-corrected chi connectivity index (χ3v) is 9.44. The van der Waals surface area contributed by atoms with Gasteiger partial charge < -0.3 is 58.0 Å². The third kappa shape index (κ3) is 9.67. The van der Waals surface area contributed by atoms with Crippen LogP contribution in [0.5, 0.6) is 0 Å². The van der Waals surface area contributed by atoms with Crippen molar-refractivity contribution < 1.29 is 67.5 Å². The number of aliphatic hydroxyl groups excluding tert-OH is 2. The molecule has 3 saturated heterocycles. The smallest absolute Gasteiger partial charge is 0.330 e. The van der Waals surface area contributed by atoms with Crippen molar-refractivity contribution in [2.45, 2.75) is 139 Å². The maximum atomic E-state index is 13.1. The third-order valence-electron chi connectivity index (χ3n) is 9.44. The Balaban J connectivity index is 1.49. The number of epoxide rings is 1. The second-order valence-electron chi connectivity index (χ2n) is 13.1. The molecule has 14 nitrogen and oxygen atoms in total. The normalized spacial score (nSPS) is 45.3. The van der Waals surface area contributed by atoms with Crippen molar-refractivity contribution in [2.75, 3.05) is 27.9 Å². The van der Waals surface area contributed by atoms with Gasteiger partial charge in [0.2, 0.25) is 0 Å². The molecule has 4 aliphatic heterocycles. The molecule has 3 N–H and O–H groups in total. The molecule has 0 aromatic rings. The minimum absolute atomic E-state index is 0.0309. The maximum absolute atomic E-state index is 13.1. The Labute approximate surface area is 276 Å². The second-order valence-corrected chi connectivity index (χ2v) is 13.1. The van der Waals surface area contributed by atoms with Crippen LogP contribution in [0, 0.1) is 5.92 Å². The lowest BCUT2D eigenvalue weighted by molar-refractivity contribution is -0.305. The summed E-state index contributed by atoms with van der Waals surface area (Å²) >= 11 is 0. The number of esters is 1. The standard InChI is InChI=1S/C33H52O14/c1-17-15-23(39-5)27(37)31(43-17)46-20-9-8-10-25(35)44-18(2)21(28-22(47-28)11-12-24(34)33(4,38)14-13-20)16-42-32-30(41-7)29(40-6)26(36)19(3)45-32/h8,10-12,17-23,26-32,36-38H,9,13-16H2,1-7H3. The first-order valence-electron chi connectivity index (χ1n) is 16.3. The number of ether oxygens (including phenoxy) is 9. The van der Waals surface area contributed by atoms with Crippen LogP contribution in [0.2, 0.25) is 0 Å². The van der Waals surface area contributed by atoms with Crippen LogP contribution in [-0.4, -0.2) is 140 Å². The van der Waals surface area contributed by atoms with Gasteiger partial charge in [-0.05, 0) is 59.1 Å². The van der Waals surface area contributed by atoms with E-state index < -0.39 is 96.9 Å². The molecule has 0 aromatic carbocycles. The zero-order valence-electron chi connectivity index (χ0n) is 28.3. The molecule has 0 saturated carbocycles. The fourth-order valence-corrected chi connectivity index (χ4v) is 6.32. The number of hydrogen-bond donors (Lipinski definition) is 3. The van der Waals surface area contributed by atoms with Crippen LogP contribution < -0.4 is 0 Å². The zero-order valence-corrected chi connectivity index (χ0v) is 28.3. The van der Waals surface area contributed by atoms with Crippen LogP contribution in [-0.2, 0) is 52.2 Å². The van der Waals surface area contributed by atoms with Gasteiger partial charge in [0, 0.05) is 39.7 Å². The molecule has 4 rings (SSSR count). The number of rotatable bonds is 8. The first-order chi connectivity index (χ1) is 22.3. The van der Waals surface area contributed by atoms with E-state index in [0.29, 0.717) is 6.42 Å². The molecule has 0 amide bonds. The number of carbonyl (C=O) groups is 2. The van der Waals surface area contributed by atoms with Crippen LogP contribution >= 0.6 is 0 Å². The minimum atomic E-state index is -1.71. The summed E-state index contributed by atoms with van der Waals surface area (Å²) < 4.78 is 52.0. The molecule has 0 radical (unpaired) electrons. The summed E-state index contributed by atoms with van der Waals surface area (Å²) in [6, 6.07) is 0. The van der Waals surface area contributed by atoms with Gasteiger partial charge in [-0.3, -0.25) is 4.79 Å². The monoisotopic (exact) mass is 672 g/mol. The molecule has 0 aromatic heterocycles. The van der Waals surface area contributed by atoms with Crippen molar-refractivity contribution in [1.29, 1.82) is 0 Å². The molecule has 0 aliphatic carbocycles. The van der Waals surface area contributed by atoms with Crippen LogP contribution in [0.1, 0.15) is 53.4 Å². The summed E-state index contributed by atoms with van der Waals surface area (Å²) in [7, 11) is 4.45. The molecule has 268 valence electrons. The second kappa shape index (κ2) is 16.7. The first-order valence-corrected chi connectivity index (χ1v) is 16.3. The number of ketones is 1. The highest BCUT2D eigenvalue weighted by Gasteiger charge is 2.49. The maximum Gasteiger partial charge on any atom is 0.330 e. The molecule has 14 heteroatoms. The molecular weight excluding hydrogens is 620 g/mol. The van der Waals surface area contributed by atoms with Crippen molar-refractivity contribution in [3.05, 3.63) is 24.3 Å². The molecule has 15 unspecified atom stereocenters. The number of cyclic esters (lactones) is 1. The van der Waals surface area contributed by atoms with E-state index in [2.05, 4.69) is 0 Å². The number of hydrogen-bond acceptors (Lipinski definition) is 14. The molecule has 3 fully saturated rings. The lowest BCUT2D eigenvalue weighted by atomic mass is 9.91. The highest BCUT2D eigenvalue weighted by atomic mass is 16.7. The van der Waals surface area contributed by atoms with E-state index in [4.69, 9.17) is 42.6 Å². The summed E-state index contributed by atoms with van der Waals surface area (Å²) in [5, 5.41) is 32.3. The summed E-state index contributed by atoms with van der Waals surface area (Å²) in [4.78, 5) is 26.0. The molecular formula is C33H52O14. The van der Waals surface area contributed by atoms with Crippen LogP contribution in [0.15, 0.2) is 24.3 Å². The lowest BCUT2D eigenvalue weighted by Gasteiger charge is -2.42. The molecule has 4 aliphatic rings. The SMILES string of the molecule is COC1CC(C)OC(OC2CC=CC(=O)OC(C)C(COC3OC(C)C(O)C(OC)C3OC)C3OC3C=CC(=O)C(C)(O)CC2)C1O. The highest BCUT2D eigenvalue weighted by molar-refractivity contribution is 5.96. The molecule has 0 spiro atoms. The van der Waals surface area contributed by atoms with Gasteiger partial charge in [-0.15, -0.1) is 0 Å². The average molecular weight is 673 g/mol. The van der Waals surface area contributed by atoms with Crippen molar-refractivity contribution in [2.24, 2.45) is 5.92 Å². The van der Waals surface area contributed by atoms with Gasteiger partial charge in [0.15, 0.2) is 18.4 Å². The summed E-state index contributed by atoms with van der Waals surface area (Å²) in [5.41, 5.74) is -1.71. The fourth-order valence-electron chi connectivity index (χ4n) is 6.32. The van der Waals surface area contributed by atoms with Crippen LogP contribution in [0.25, 0.3) is 0 Å². The van der Waals surface area contributed by atoms with Crippen molar-refractivity contribution in [1.82, 2.24) is 0 Å². The molecule has 0 bridgehead atoms. The number of fused-ring (bicyclic) bond motifs is 1. The predicted molar refractivity (Wildman–Crippen MR) is 164 cm³/mol. The Bertz CT molecular complexity index is 1100. The van der Waals surface area contributed by atoms with Gasteiger partial charge in [0.25, 0.3) is 0 Å². The topological polar surface area (TPSA) is 181 Å². The Morgan fingerprint density at radius 2 is 1.64 bits per heavy atom.